The van der Waals surface area contributed by atoms with Crippen molar-refractivity contribution in [2.24, 2.45) is 0 Å². The van der Waals surface area contributed by atoms with E-state index in [2.05, 4.69) is 5.32 Å². The van der Waals surface area contributed by atoms with Gasteiger partial charge < -0.3 is 5.32 Å². The molecule has 3 aromatic carbocycles. The minimum absolute atomic E-state index is 0.173. The van der Waals surface area contributed by atoms with Crippen molar-refractivity contribution in [2.75, 3.05) is 10.2 Å². The van der Waals surface area contributed by atoms with Gasteiger partial charge in [0.15, 0.2) is 0 Å². The summed E-state index contributed by atoms with van der Waals surface area (Å²) in [6.45, 7) is 3.87. The highest BCUT2D eigenvalue weighted by molar-refractivity contribution is 8.04. The molecule has 0 unspecified atom stereocenters. The third kappa shape index (κ3) is 4.52. The lowest BCUT2D eigenvalue weighted by Gasteiger charge is -2.16. The van der Waals surface area contributed by atoms with E-state index in [1.165, 1.54) is 17.8 Å². The smallest absolute Gasteiger partial charge is 0.283 e. The Morgan fingerprint density at radius 3 is 2.16 bits per heavy atom. The highest BCUT2D eigenvalue weighted by Crippen LogP contribution is 2.39. The van der Waals surface area contributed by atoms with Crippen LogP contribution in [0.4, 0.5) is 11.4 Å². The number of rotatable bonds is 5. The molecule has 0 saturated carbocycles. The SMILES string of the molecule is Cc1ccc(SC2=C(Nc3ccc(C)c(Cl)c3)C(=O)N(c3ccc(Cl)c(Cl)c3)C2=O)cc1. The number of aryl methyl sites for hydroxylation is 2. The Labute approximate surface area is 205 Å². The van der Waals surface area contributed by atoms with Gasteiger partial charge in [-0.25, -0.2) is 4.90 Å². The first-order chi connectivity index (χ1) is 15.2. The molecule has 0 saturated heterocycles. The largest absolute Gasteiger partial charge is 0.350 e. The van der Waals surface area contributed by atoms with Crippen LogP contribution in [0.3, 0.4) is 0 Å². The molecule has 0 bridgehead atoms. The van der Waals surface area contributed by atoms with Crippen LogP contribution in [0.15, 0.2) is 76.2 Å². The fourth-order valence-electron chi connectivity index (χ4n) is 3.11. The standard InChI is InChI=1S/C24H17Cl3N2O2S/c1-13-3-8-17(9-4-13)32-22-21(28-15-6-5-14(2)19(26)11-15)23(30)29(24(22)31)16-7-10-18(25)20(27)12-16/h3-12,28H,1-2H3. The van der Waals surface area contributed by atoms with Gasteiger partial charge in [0, 0.05) is 15.6 Å². The molecule has 0 spiro atoms. The number of nitrogens with one attached hydrogen (secondary N) is 1. The van der Waals surface area contributed by atoms with Crippen molar-refractivity contribution in [2.45, 2.75) is 18.7 Å². The fourth-order valence-corrected chi connectivity index (χ4v) is 4.51. The van der Waals surface area contributed by atoms with E-state index in [9.17, 15) is 9.59 Å². The van der Waals surface area contributed by atoms with Gasteiger partial charge in [-0.2, -0.15) is 0 Å². The summed E-state index contributed by atoms with van der Waals surface area (Å²) in [6.07, 6.45) is 0. The Morgan fingerprint density at radius 1 is 0.781 bits per heavy atom. The minimum atomic E-state index is -0.486. The topological polar surface area (TPSA) is 49.4 Å². The van der Waals surface area contributed by atoms with Gasteiger partial charge in [0.05, 0.1) is 15.7 Å². The first kappa shape index (κ1) is 22.7. The summed E-state index contributed by atoms with van der Waals surface area (Å²) in [5.74, 6) is -0.931. The van der Waals surface area contributed by atoms with E-state index in [4.69, 9.17) is 34.8 Å². The fraction of sp³-hybridized carbons (Fsp3) is 0.0833. The second-order valence-corrected chi connectivity index (χ2v) is 9.56. The van der Waals surface area contributed by atoms with Crippen LogP contribution < -0.4 is 10.2 Å². The second kappa shape index (κ2) is 9.20. The molecule has 0 aromatic heterocycles. The molecule has 162 valence electrons. The number of amides is 2. The Morgan fingerprint density at radius 2 is 1.50 bits per heavy atom. The first-order valence-corrected chi connectivity index (χ1v) is 11.6. The highest BCUT2D eigenvalue weighted by atomic mass is 35.5. The molecule has 3 aromatic rings. The maximum absolute atomic E-state index is 13.4. The molecule has 0 atom stereocenters. The van der Waals surface area contributed by atoms with Crippen LogP contribution in [0.25, 0.3) is 0 Å². The zero-order valence-electron chi connectivity index (χ0n) is 17.1. The number of thioether (sulfide) groups is 1. The first-order valence-electron chi connectivity index (χ1n) is 9.60. The second-order valence-electron chi connectivity index (χ2n) is 7.25. The zero-order valence-corrected chi connectivity index (χ0v) is 20.2. The summed E-state index contributed by atoms with van der Waals surface area (Å²) in [5, 5.41) is 4.25. The molecular formula is C24H17Cl3N2O2S. The Hall–Kier alpha value is -2.44. The van der Waals surface area contributed by atoms with E-state index in [1.807, 2.05) is 50.2 Å². The van der Waals surface area contributed by atoms with Gasteiger partial charge in [-0.1, -0.05) is 70.3 Å². The van der Waals surface area contributed by atoms with Crippen LogP contribution in [0.2, 0.25) is 15.1 Å². The van der Waals surface area contributed by atoms with Crippen molar-refractivity contribution in [3.8, 4) is 0 Å². The van der Waals surface area contributed by atoms with Gasteiger partial charge in [-0.15, -0.1) is 0 Å². The lowest BCUT2D eigenvalue weighted by atomic mass is 10.2. The molecule has 32 heavy (non-hydrogen) atoms. The van der Waals surface area contributed by atoms with Gasteiger partial charge >= 0.3 is 0 Å². The van der Waals surface area contributed by atoms with E-state index in [0.717, 1.165) is 20.9 Å². The Kier molecular flexibility index (Phi) is 6.54. The van der Waals surface area contributed by atoms with Crippen molar-refractivity contribution in [1.82, 2.24) is 0 Å². The van der Waals surface area contributed by atoms with Gasteiger partial charge in [-0.3, -0.25) is 9.59 Å². The molecule has 4 rings (SSSR count). The Balaban J connectivity index is 1.76. The molecule has 1 aliphatic heterocycles. The highest BCUT2D eigenvalue weighted by Gasteiger charge is 2.40. The van der Waals surface area contributed by atoms with E-state index < -0.39 is 11.8 Å². The molecule has 1 heterocycles. The van der Waals surface area contributed by atoms with Crippen LogP contribution in [0.5, 0.6) is 0 Å². The number of benzene rings is 3. The predicted octanol–water partition coefficient (Wildman–Crippen LogP) is 7.25. The summed E-state index contributed by atoms with van der Waals surface area (Å²) < 4.78 is 0. The third-order valence-corrected chi connectivity index (χ3v) is 7.12. The minimum Gasteiger partial charge on any atom is -0.350 e. The quantitative estimate of drug-likeness (QED) is 0.372. The van der Waals surface area contributed by atoms with Crippen LogP contribution >= 0.6 is 46.6 Å². The van der Waals surface area contributed by atoms with Crippen LogP contribution in [0, 0.1) is 13.8 Å². The molecule has 1 aliphatic rings. The maximum Gasteiger partial charge on any atom is 0.283 e. The van der Waals surface area contributed by atoms with Gasteiger partial charge in [-0.05, 0) is 61.9 Å². The lowest BCUT2D eigenvalue weighted by Crippen LogP contribution is -2.32. The van der Waals surface area contributed by atoms with Crippen molar-refractivity contribution in [1.29, 1.82) is 0 Å². The normalized spacial score (nSPS) is 13.8. The molecule has 0 fully saturated rings. The van der Waals surface area contributed by atoms with E-state index in [-0.39, 0.29) is 15.6 Å². The van der Waals surface area contributed by atoms with E-state index in [0.29, 0.717) is 21.4 Å². The number of imide groups is 1. The van der Waals surface area contributed by atoms with Crippen molar-refractivity contribution < 1.29 is 9.59 Å². The number of halogens is 3. The zero-order chi connectivity index (χ0) is 23.0. The summed E-state index contributed by atoms with van der Waals surface area (Å²) in [7, 11) is 0. The number of anilines is 2. The summed E-state index contributed by atoms with van der Waals surface area (Å²) in [4.78, 5) is 29.0. The monoisotopic (exact) mass is 502 g/mol. The molecule has 8 heteroatoms. The van der Waals surface area contributed by atoms with E-state index >= 15 is 0 Å². The third-order valence-electron chi connectivity index (χ3n) is 4.88. The molecule has 1 N–H and O–H groups in total. The molecule has 4 nitrogen and oxygen atoms in total. The van der Waals surface area contributed by atoms with Crippen molar-refractivity contribution in [3.05, 3.63) is 97.5 Å². The average Bonchev–Trinajstić information content (AvgIpc) is 2.98. The Bertz CT molecular complexity index is 1270. The number of hydrogen-bond acceptors (Lipinski definition) is 4. The predicted molar refractivity (Wildman–Crippen MR) is 133 cm³/mol. The molecule has 0 radical (unpaired) electrons. The van der Waals surface area contributed by atoms with Gasteiger partial charge in [0.2, 0.25) is 0 Å². The maximum atomic E-state index is 13.4. The lowest BCUT2D eigenvalue weighted by molar-refractivity contribution is -0.120. The number of carbonyl (C=O) groups is 2. The summed E-state index contributed by atoms with van der Waals surface area (Å²) >= 11 is 19.6. The van der Waals surface area contributed by atoms with Crippen molar-refractivity contribution >= 4 is 69.8 Å². The van der Waals surface area contributed by atoms with Crippen LogP contribution in [-0.4, -0.2) is 11.8 Å². The molecule has 2 amide bonds. The van der Waals surface area contributed by atoms with E-state index in [1.54, 1.807) is 18.2 Å². The number of nitrogens with zero attached hydrogens (tertiary/aromatic N) is 1. The summed E-state index contributed by atoms with van der Waals surface area (Å²) in [6, 6.07) is 17.7. The molecule has 0 aliphatic carbocycles. The van der Waals surface area contributed by atoms with Crippen LogP contribution in [0.1, 0.15) is 11.1 Å². The number of carbonyl (C=O) groups excluding carboxylic acids is 2. The van der Waals surface area contributed by atoms with Crippen LogP contribution in [-0.2, 0) is 9.59 Å². The number of hydrogen-bond donors (Lipinski definition) is 1. The van der Waals surface area contributed by atoms with Crippen molar-refractivity contribution in [3.63, 3.8) is 0 Å². The molecular weight excluding hydrogens is 487 g/mol. The van der Waals surface area contributed by atoms with Gasteiger partial charge in [0.25, 0.3) is 11.8 Å². The summed E-state index contributed by atoms with van der Waals surface area (Å²) in [5.41, 5.74) is 3.13. The average molecular weight is 504 g/mol. The van der Waals surface area contributed by atoms with Gasteiger partial charge in [0.1, 0.15) is 10.6 Å².